The van der Waals surface area contributed by atoms with Gasteiger partial charge in [0, 0.05) is 0 Å². The minimum atomic E-state index is 0.0752. The molecule has 4 nitrogen and oxygen atoms in total. The van der Waals surface area contributed by atoms with E-state index in [0.29, 0.717) is 30.2 Å². The van der Waals surface area contributed by atoms with Crippen LogP contribution in [0.1, 0.15) is 5.56 Å². The molecule has 0 spiro atoms. The van der Waals surface area contributed by atoms with Crippen molar-refractivity contribution in [3.8, 4) is 11.8 Å². The molecule has 0 radical (unpaired) electrons. The minimum Gasteiger partial charge on any atom is -0.483 e. The molecule has 2 N–H and O–H groups in total. The highest BCUT2D eigenvalue weighted by molar-refractivity contribution is 5.63. The van der Waals surface area contributed by atoms with Gasteiger partial charge in [0.15, 0.2) is 0 Å². The van der Waals surface area contributed by atoms with Gasteiger partial charge in [0.1, 0.15) is 17.9 Å². The molecule has 14 heavy (non-hydrogen) atoms. The summed E-state index contributed by atoms with van der Waals surface area (Å²) < 4.78 is 10.5. The molecule has 4 heteroatoms. The Morgan fingerprint density at radius 2 is 2.29 bits per heavy atom. The molecule has 1 aliphatic heterocycles. The lowest BCUT2D eigenvalue weighted by Gasteiger charge is -2.27. The number of rotatable bonds is 2. The number of ether oxygens (including phenoxy) is 2. The third-order valence-corrected chi connectivity index (χ3v) is 2.09. The van der Waals surface area contributed by atoms with Crippen molar-refractivity contribution < 1.29 is 9.47 Å². The van der Waals surface area contributed by atoms with Crippen LogP contribution in [0.4, 0.5) is 5.69 Å². The summed E-state index contributed by atoms with van der Waals surface area (Å²) in [6, 6.07) is 7.19. The van der Waals surface area contributed by atoms with Crippen LogP contribution in [0.2, 0.25) is 0 Å². The number of nitriles is 1. The van der Waals surface area contributed by atoms with Crippen LogP contribution in [0, 0.1) is 11.3 Å². The maximum absolute atomic E-state index is 8.74. The third-order valence-electron chi connectivity index (χ3n) is 2.09. The van der Waals surface area contributed by atoms with E-state index in [1.807, 2.05) is 6.07 Å². The Bertz CT molecular complexity index is 380. The summed E-state index contributed by atoms with van der Waals surface area (Å²) in [7, 11) is 0. The molecule has 2 rings (SSSR count). The molecule has 0 amide bonds. The standard InChI is InChI=1S/C10H10N2O2/c11-4-7-2-1-3-9(10(7)12)14-8-5-13-6-8/h1-3,8H,5-6,12H2. The molecule has 0 atom stereocenters. The molecule has 1 saturated heterocycles. The normalized spacial score (nSPS) is 15.6. The first-order valence-corrected chi connectivity index (χ1v) is 4.34. The van der Waals surface area contributed by atoms with Crippen LogP contribution >= 0.6 is 0 Å². The average molecular weight is 190 g/mol. The Kier molecular flexibility index (Phi) is 2.25. The van der Waals surface area contributed by atoms with Gasteiger partial charge in [0.25, 0.3) is 0 Å². The zero-order chi connectivity index (χ0) is 9.97. The average Bonchev–Trinajstić information content (AvgIpc) is 2.13. The zero-order valence-corrected chi connectivity index (χ0v) is 7.56. The first kappa shape index (κ1) is 8.85. The number of hydrogen-bond acceptors (Lipinski definition) is 4. The van der Waals surface area contributed by atoms with Crippen LogP contribution in [-0.4, -0.2) is 19.3 Å². The molecule has 1 heterocycles. The lowest BCUT2D eigenvalue weighted by Crippen LogP contribution is -2.38. The van der Waals surface area contributed by atoms with E-state index in [4.69, 9.17) is 20.5 Å². The van der Waals surface area contributed by atoms with E-state index in [0.717, 1.165) is 0 Å². The minimum absolute atomic E-state index is 0.0752. The molecule has 1 aromatic carbocycles. The van der Waals surface area contributed by atoms with Crippen molar-refractivity contribution in [2.24, 2.45) is 0 Å². The fraction of sp³-hybridized carbons (Fsp3) is 0.300. The van der Waals surface area contributed by atoms with E-state index < -0.39 is 0 Å². The summed E-state index contributed by atoms with van der Waals surface area (Å²) >= 11 is 0. The van der Waals surface area contributed by atoms with Crippen LogP contribution < -0.4 is 10.5 Å². The highest BCUT2D eigenvalue weighted by atomic mass is 16.6. The van der Waals surface area contributed by atoms with Crippen molar-refractivity contribution in [3.05, 3.63) is 23.8 Å². The Morgan fingerprint density at radius 3 is 2.86 bits per heavy atom. The molecule has 0 unspecified atom stereocenters. The van der Waals surface area contributed by atoms with E-state index in [1.165, 1.54) is 0 Å². The van der Waals surface area contributed by atoms with Crippen molar-refractivity contribution in [3.63, 3.8) is 0 Å². The van der Waals surface area contributed by atoms with E-state index in [2.05, 4.69) is 0 Å². The predicted octanol–water partition coefficient (Wildman–Crippen LogP) is 0.918. The van der Waals surface area contributed by atoms with Crippen molar-refractivity contribution >= 4 is 5.69 Å². The predicted molar refractivity (Wildman–Crippen MR) is 50.8 cm³/mol. The zero-order valence-electron chi connectivity index (χ0n) is 7.56. The number of nitrogens with zero attached hydrogens (tertiary/aromatic N) is 1. The van der Waals surface area contributed by atoms with Crippen LogP contribution in [-0.2, 0) is 4.74 Å². The number of nitrogen functional groups attached to an aromatic ring is 1. The first-order valence-electron chi connectivity index (χ1n) is 4.34. The molecule has 1 aromatic rings. The monoisotopic (exact) mass is 190 g/mol. The summed E-state index contributed by atoms with van der Waals surface area (Å²) in [4.78, 5) is 0. The third kappa shape index (κ3) is 1.50. The molecular weight excluding hydrogens is 180 g/mol. The van der Waals surface area contributed by atoms with Gasteiger partial charge in [-0.2, -0.15) is 5.26 Å². The highest BCUT2D eigenvalue weighted by Gasteiger charge is 2.21. The largest absolute Gasteiger partial charge is 0.483 e. The van der Waals surface area contributed by atoms with Gasteiger partial charge in [-0.15, -0.1) is 0 Å². The van der Waals surface area contributed by atoms with Gasteiger partial charge in [-0.1, -0.05) is 6.07 Å². The highest BCUT2D eigenvalue weighted by Crippen LogP contribution is 2.26. The van der Waals surface area contributed by atoms with E-state index in [1.54, 1.807) is 18.2 Å². The number of anilines is 1. The van der Waals surface area contributed by atoms with Crippen molar-refractivity contribution in [1.82, 2.24) is 0 Å². The summed E-state index contributed by atoms with van der Waals surface area (Å²) in [5.41, 5.74) is 6.58. The van der Waals surface area contributed by atoms with E-state index >= 15 is 0 Å². The lowest BCUT2D eigenvalue weighted by molar-refractivity contribution is -0.0793. The van der Waals surface area contributed by atoms with Crippen molar-refractivity contribution in [2.75, 3.05) is 18.9 Å². The second-order valence-corrected chi connectivity index (χ2v) is 3.11. The van der Waals surface area contributed by atoms with Crippen molar-refractivity contribution in [2.45, 2.75) is 6.10 Å². The summed E-state index contributed by atoms with van der Waals surface area (Å²) in [6.45, 7) is 1.19. The molecule has 0 aromatic heterocycles. The fourth-order valence-corrected chi connectivity index (χ4v) is 1.21. The molecule has 0 saturated carbocycles. The number of benzene rings is 1. The van der Waals surface area contributed by atoms with Crippen molar-refractivity contribution in [1.29, 1.82) is 5.26 Å². The van der Waals surface area contributed by atoms with Gasteiger partial charge in [-0.3, -0.25) is 0 Å². The topological polar surface area (TPSA) is 68.3 Å². The maximum Gasteiger partial charge on any atom is 0.145 e. The Labute approximate surface area is 81.8 Å². The number of para-hydroxylation sites is 1. The van der Waals surface area contributed by atoms with Gasteiger partial charge in [0.05, 0.1) is 24.5 Å². The van der Waals surface area contributed by atoms with Crippen LogP contribution in [0.3, 0.4) is 0 Å². The molecule has 1 fully saturated rings. The van der Waals surface area contributed by atoms with Gasteiger partial charge < -0.3 is 15.2 Å². The SMILES string of the molecule is N#Cc1cccc(OC2COC2)c1N. The van der Waals surface area contributed by atoms with E-state index in [-0.39, 0.29) is 6.10 Å². The van der Waals surface area contributed by atoms with Gasteiger partial charge in [-0.25, -0.2) is 0 Å². The lowest BCUT2D eigenvalue weighted by atomic mass is 10.2. The summed E-state index contributed by atoms with van der Waals surface area (Å²) in [5.74, 6) is 0.567. The van der Waals surface area contributed by atoms with Crippen LogP contribution in [0.5, 0.6) is 5.75 Å². The quantitative estimate of drug-likeness (QED) is 0.704. The van der Waals surface area contributed by atoms with Gasteiger partial charge in [-0.05, 0) is 12.1 Å². The maximum atomic E-state index is 8.74. The summed E-state index contributed by atoms with van der Waals surface area (Å²) in [6.07, 6.45) is 0.0752. The summed E-state index contributed by atoms with van der Waals surface area (Å²) in [5, 5.41) is 8.74. The fourth-order valence-electron chi connectivity index (χ4n) is 1.21. The second-order valence-electron chi connectivity index (χ2n) is 3.11. The molecule has 1 aliphatic rings. The Morgan fingerprint density at radius 1 is 1.50 bits per heavy atom. The second kappa shape index (κ2) is 3.56. The Hall–Kier alpha value is -1.73. The van der Waals surface area contributed by atoms with Crippen LogP contribution in [0.25, 0.3) is 0 Å². The Balaban J connectivity index is 2.20. The van der Waals surface area contributed by atoms with Gasteiger partial charge >= 0.3 is 0 Å². The number of hydrogen-bond donors (Lipinski definition) is 1. The molecule has 0 bridgehead atoms. The van der Waals surface area contributed by atoms with Crippen LogP contribution in [0.15, 0.2) is 18.2 Å². The molecule has 0 aliphatic carbocycles. The van der Waals surface area contributed by atoms with E-state index in [9.17, 15) is 0 Å². The smallest absolute Gasteiger partial charge is 0.145 e. The molecule has 72 valence electrons. The first-order chi connectivity index (χ1) is 6.81. The molecular formula is C10H10N2O2. The number of nitrogens with two attached hydrogens (primary N) is 1. The van der Waals surface area contributed by atoms with Gasteiger partial charge in [0.2, 0.25) is 0 Å².